The number of rotatable bonds is 3. The number of nitrogens with two attached hydrogens (primary N) is 1. The molecule has 0 saturated carbocycles. The van der Waals surface area contributed by atoms with Gasteiger partial charge in [-0.2, -0.15) is 0 Å². The Labute approximate surface area is 94.7 Å². The van der Waals surface area contributed by atoms with Gasteiger partial charge >= 0.3 is 0 Å². The first kappa shape index (κ1) is 11.1. The first-order valence-electron chi connectivity index (χ1n) is 5.45. The molecule has 1 amide bonds. The highest BCUT2D eigenvalue weighted by molar-refractivity contribution is 5.94. The second-order valence-electron chi connectivity index (χ2n) is 4.20. The van der Waals surface area contributed by atoms with E-state index in [0.29, 0.717) is 18.7 Å². The maximum atomic E-state index is 11.2. The molecule has 0 unspecified atom stereocenters. The Bertz CT molecular complexity index is 392. The lowest BCUT2D eigenvalue weighted by molar-refractivity contribution is 0.0998. The molecule has 86 valence electrons. The number of amides is 1. The maximum Gasteiger partial charge on any atom is 0.249 e. The van der Waals surface area contributed by atoms with Crippen molar-refractivity contribution in [1.29, 1.82) is 0 Å². The van der Waals surface area contributed by atoms with Crippen molar-refractivity contribution in [2.75, 3.05) is 13.1 Å². The molecule has 4 nitrogen and oxygen atoms in total. The van der Waals surface area contributed by atoms with Crippen LogP contribution in [0, 0.1) is 0 Å². The van der Waals surface area contributed by atoms with Crippen molar-refractivity contribution in [1.82, 2.24) is 4.90 Å². The van der Waals surface area contributed by atoms with Crippen molar-refractivity contribution >= 4 is 5.91 Å². The van der Waals surface area contributed by atoms with Crippen LogP contribution in [0.15, 0.2) is 24.3 Å². The number of aliphatic hydroxyl groups is 1. The quantitative estimate of drug-likeness (QED) is 0.772. The van der Waals surface area contributed by atoms with E-state index in [-0.39, 0.29) is 6.10 Å². The van der Waals surface area contributed by atoms with Crippen LogP contribution < -0.4 is 5.73 Å². The molecule has 1 aliphatic rings. The third-order valence-electron chi connectivity index (χ3n) is 2.92. The van der Waals surface area contributed by atoms with E-state index in [9.17, 15) is 9.90 Å². The van der Waals surface area contributed by atoms with Gasteiger partial charge in [-0.3, -0.25) is 9.69 Å². The van der Waals surface area contributed by atoms with Crippen molar-refractivity contribution in [3.8, 4) is 0 Å². The van der Waals surface area contributed by atoms with Gasteiger partial charge in [0.15, 0.2) is 0 Å². The van der Waals surface area contributed by atoms with Crippen LogP contribution in [0.3, 0.4) is 0 Å². The van der Waals surface area contributed by atoms with E-state index in [1.807, 2.05) is 18.2 Å². The molecule has 0 bridgehead atoms. The van der Waals surface area contributed by atoms with E-state index >= 15 is 0 Å². The van der Waals surface area contributed by atoms with Crippen LogP contribution >= 0.6 is 0 Å². The normalized spacial score (nSPS) is 21.2. The molecule has 0 radical (unpaired) electrons. The number of aliphatic hydroxyl groups excluding tert-OH is 1. The molecule has 0 spiro atoms. The predicted octanol–water partition coefficient (Wildman–Crippen LogP) is 0.352. The van der Waals surface area contributed by atoms with Gasteiger partial charge in [0.25, 0.3) is 0 Å². The second kappa shape index (κ2) is 4.63. The largest absolute Gasteiger partial charge is 0.392 e. The molecule has 1 heterocycles. The van der Waals surface area contributed by atoms with Gasteiger partial charge in [-0.05, 0) is 18.1 Å². The molecule has 1 aromatic carbocycles. The standard InChI is InChI=1S/C12H16N2O2/c13-12(16)11-4-2-1-3-9(11)7-14-6-5-10(15)8-14/h1-4,10,15H,5-8H2,(H2,13,16)/t10-/m1/s1. The number of carbonyl (C=O) groups is 1. The molecule has 16 heavy (non-hydrogen) atoms. The van der Waals surface area contributed by atoms with Gasteiger partial charge < -0.3 is 10.8 Å². The summed E-state index contributed by atoms with van der Waals surface area (Å²) in [5.74, 6) is -0.393. The van der Waals surface area contributed by atoms with Gasteiger partial charge in [-0.15, -0.1) is 0 Å². The lowest BCUT2D eigenvalue weighted by atomic mass is 10.1. The van der Waals surface area contributed by atoms with Crippen molar-refractivity contribution in [2.24, 2.45) is 5.73 Å². The average Bonchev–Trinajstić information content (AvgIpc) is 2.64. The number of hydrogen-bond acceptors (Lipinski definition) is 3. The summed E-state index contributed by atoms with van der Waals surface area (Å²) in [7, 11) is 0. The number of carbonyl (C=O) groups excluding carboxylic acids is 1. The van der Waals surface area contributed by atoms with Gasteiger partial charge in [-0.1, -0.05) is 18.2 Å². The Morgan fingerprint density at radius 3 is 2.88 bits per heavy atom. The number of primary amides is 1. The van der Waals surface area contributed by atoms with E-state index in [4.69, 9.17) is 5.73 Å². The van der Waals surface area contributed by atoms with Gasteiger partial charge in [0.2, 0.25) is 5.91 Å². The van der Waals surface area contributed by atoms with Gasteiger partial charge in [0.05, 0.1) is 6.10 Å². The summed E-state index contributed by atoms with van der Waals surface area (Å²) in [4.78, 5) is 13.3. The lowest BCUT2D eigenvalue weighted by Crippen LogP contribution is -2.23. The average molecular weight is 220 g/mol. The zero-order chi connectivity index (χ0) is 11.5. The molecule has 4 heteroatoms. The Morgan fingerprint density at radius 1 is 1.50 bits per heavy atom. The van der Waals surface area contributed by atoms with E-state index in [2.05, 4.69) is 4.90 Å². The number of nitrogens with zero attached hydrogens (tertiary/aromatic N) is 1. The minimum atomic E-state index is -0.393. The molecule has 0 aliphatic carbocycles. The maximum absolute atomic E-state index is 11.2. The predicted molar refractivity (Wildman–Crippen MR) is 60.9 cm³/mol. The van der Waals surface area contributed by atoms with Gasteiger partial charge in [-0.25, -0.2) is 0 Å². The fraction of sp³-hybridized carbons (Fsp3) is 0.417. The molecule has 1 aromatic rings. The Kier molecular flexibility index (Phi) is 3.22. The first-order valence-corrected chi connectivity index (χ1v) is 5.45. The summed E-state index contributed by atoms with van der Waals surface area (Å²) in [5.41, 5.74) is 6.82. The van der Waals surface area contributed by atoms with E-state index in [1.54, 1.807) is 6.07 Å². The number of benzene rings is 1. The summed E-state index contributed by atoms with van der Waals surface area (Å²) < 4.78 is 0. The highest BCUT2D eigenvalue weighted by Crippen LogP contribution is 2.16. The monoisotopic (exact) mass is 220 g/mol. The molecule has 1 saturated heterocycles. The van der Waals surface area contributed by atoms with Crippen LogP contribution in [0.25, 0.3) is 0 Å². The highest BCUT2D eigenvalue weighted by atomic mass is 16.3. The highest BCUT2D eigenvalue weighted by Gasteiger charge is 2.21. The molecular formula is C12H16N2O2. The smallest absolute Gasteiger partial charge is 0.249 e. The lowest BCUT2D eigenvalue weighted by Gasteiger charge is -2.16. The Morgan fingerprint density at radius 2 is 2.25 bits per heavy atom. The first-order chi connectivity index (χ1) is 7.66. The minimum Gasteiger partial charge on any atom is -0.392 e. The van der Waals surface area contributed by atoms with Crippen LogP contribution in [0.1, 0.15) is 22.3 Å². The summed E-state index contributed by atoms with van der Waals surface area (Å²) in [6.07, 6.45) is 0.569. The number of β-amino-alcohol motifs (C(OH)–C–C–N with tert-alkyl or cyclic N) is 1. The van der Waals surface area contributed by atoms with Crippen molar-refractivity contribution in [3.63, 3.8) is 0 Å². The molecule has 3 N–H and O–H groups in total. The van der Waals surface area contributed by atoms with Crippen molar-refractivity contribution in [3.05, 3.63) is 35.4 Å². The summed E-state index contributed by atoms with van der Waals surface area (Å²) in [6.45, 7) is 2.22. The molecular weight excluding hydrogens is 204 g/mol. The zero-order valence-corrected chi connectivity index (χ0v) is 9.10. The molecule has 0 aromatic heterocycles. The topological polar surface area (TPSA) is 66.6 Å². The summed E-state index contributed by atoms with van der Waals surface area (Å²) in [5, 5.41) is 9.42. The Hall–Kier alpha value is -1.39. The fourth-order valence-corrected chi connectivity index (χ4v) is 2.10. The summed E-state index contributed by atoms with van der Waals surface area (Å²) >= 11 is 0. The van der Waals surface area contributed by atoms with Crippen molar-refractivity contribution < 1.29 is 9.90 Å². The molecule has 2 rings (SSSR count). The number of likely N-dealkylation sites (tertiary alicyclic amines) is 1. The SMILES string of the molecule is NC(=O)c1ccccc1CN1CC[C@@H](O)C1. The third kappa shape index (κ3) is 2.40. The van der Waals surface area contributed by atoms with E-state index < -0.39 is 5.91 Å². The van der Waals surface area contributed by atoms with Gasteiger partial charge in [0.1, 0.15) is 0 Å². The van der Waals surface area contributed by atoms with Crippen molar-refractivity contribution in [2.45, 2.75) is 19.1 Å². The van der Waals surface area contributed by atoms with Crippen LogP contribution in [-0.2, 0) is 6.54 Å². The molecule has 1 fully saturated rings. The minimum absolute atomic E-state index is 0.235. The van der Waals surface area contributed by atoms with Crippen LogP contribution in [0.4, 0.5) is 0 Å². The molecule has 1 aliphatic heterocycles. The third-order valence-corrected chi connectivity index (χ3v) is 2.92. The Balaban J connectivity index is 2.12. The number of hydrogen-bond donors (Lipinski definition) is 2. The van der Waals surface area contributed by atoms with E-state index in [0.717, 1.165) is 18.5 Å². The van der Waals surface area contributed by atoms with E-state index in [1.165, 1.54) is 0 Å². The zero-order valence-electron chi connectivity index (χ0n) is 9.10. The fourth-order valence-electron chi connectivity index (χ4n) is 2.10. The second-order valence-corrected chi connectivity index (χ2v) is 4.20. The van der Waals surface area contributed by atoms with Gasteiger partial charge in [0, 0.05) is 25.2 Å². The molecule has 1 atom stereocenters. The van der Waals surface area contributed by atoms with Crippen LogP contribution in [-0.4, -0.2) is 35.1 Å². The van der Waals surface area contributed by atoms with Crippen LogP contribution in [0.5, 0.6) is 0 Å². The van der Waals surface area contributed by atoms with Crippen LogP contribution in [0.2, 0.25) is 0 Å². The summed E-state index contributed by atoms with van der Waals surface area (Å²) in [6, 6.07) is 7.35.